The second kappa shape index (κ2) is 9.55. The molecule has 8 nitrogen and oxygen atoms in total. The summed E-state index contributed by atoms with van der Waals surface area (Å²) in [6, 6.07) is 6.26. The number of ether oxygens (including phenoxy) is 3. The van der Waals surface area contributed by atoms with Gasteiger partial charge in [-0.15, -0.1) is 0 Å². The van der Waals surface area contributed by atoms with Crippen LogP contribution in [0.25, 0.3) is 0 Å². The smallest absolute Gasteiger partial charge is 0.409 e. The number of piperazine rings is 1. The van der Waals surface area contributed by atoms with Crippen molar-refractivity contribution in [3.8, 4) is 11.5 Å². The molecule has 0 spiro atoms. The molecule has 3 aliphatic heterocycles. The van der Waals surface area contributed by atoms with Crippen LogP contribution in [0.2, 0.25) is 0 Å². The molecule has 3 aliphatic rings. The second-order valence-corrected chi connectivity index (χ2v) is 8.05. The first-order valence-corrected chi connectivity index (χ1v) is 11.0. The molecule has 1 unspecified atom stereocenters. The second-order valence-electron chi connectivity index (χ2n) is 8.05. The monoisotopic (exact) mass is 417 g/mol. The molecule has 0 radical (unpaired) electrons. The maximum Gasteiger partial charge on any atom is 0.409 e. The number of hydrogen-bond donors (Lipinski definition) is 0. The van der Waals surface area contributed by atoms with E-state index in [1.54, 1.807) is 4.90 Å². The first-order valence-electron chi connectivity index (χ1n) is 11.0. The minimum absolute atomic E-state index is 0.211. The van der Waals surface area contributed by atoms with Gasteiger partial charge in [0.25, 0.3) is 0 Å². The largest absolute Gasteiger partial charge is 0.454 e. The third kappa shape index (κ3) is 4.80. The average Bonchev–Trinajstić information content (AvgIpc) is 3.26. The predicted molar refractivity (Wildman–Crippen MR) is 111 cm³/mol. The van der Waals surface area contributed by atoms with E-state index < -0.39 is 0 Å². The molecule has 4 rings (SSSR count). The zero-order valence-corrected chi connectivity index (χ0v) is 17.7. The quantitative estimate of drug-likeness (QED) is 0.731. The van der Waals surface area contributed by atoms with E-state index in [2.05, 4.69) is 4.90 Å². The molecule has 164 valence electrons. The molecule has 2 amide bonds. The Morgan fingerprint density at radius 2 is 1.87 bits per heavy atom. The highest BCUT2D eigenvalue weighted by Crippen LogP contribution is 2.32. The molecule has 8 heteroatoms. The predicted octanol–water partition coefficient (Wildman–Crippen LogP) is 2.11. The van der Waals surface area contributed by atoms with Crippen molar-refractivity contribution in [2.75, 3.05) is 52.7 Å². The zero-order valence-electron chi connectivity index (χ0n) is 17.7. The van der Waals surface area contributed by atoms with Gasteiger partial charge in [-0.3, -0.25) is 9.69 Å². The number of nitrogens with zero attached hydrogens (tertiary/aromatic N) is 3. The lowest BCUT2D eigenvalue weighted by atomic mass is 10.0. The summed E-state index contributed by atoms with van der Waals surface area (Å²) in [4.78, 5) is 30.9. The fourth-order valence-electron chi connectivity index (χ4n) is 4.47. The summed E-state index contributed by atoms with van der Waals surface area (Å²) < 4.78 is 15.9. The van der Waals surface area contributed by atoms with Gasteiger partial charge in [0.1, 0.15) is 0 Å². The highest BCUT2D eigenvalue weighted by Gasteiger charge is 2.31. The summed E-state index contributed by atoms with van der Waals surface area (Å²) >= 11 is 0. The summed E-state index contributed by atoms with van der Waals surface area (Å²) in [5, 5.41) is 0. The summed E-state index contributed by atoms with van der Waals surface area (Å²) in [5.41, 5.74) is 1.09. The summed E-state index contributed by atoms with van der Waals surface area (Å²) in [6.07, 6.45) is 3.11. The number of carbonyl (C=O) groups is 2. The minimum atomic E-state index is -0.221. The van der Waals surface area contributed by atoms with Gasteiger partial charge in [-0.1, -0.05) is 6.07 Å². The van der Waals surface area contributed by atoms with Crippen LogP contribution in [0.15, 0.2) is 18.2 Å². The van der Waals surface area contributed by atoms with Crippen molar-refractivity contribution in [1.82, 2.24) is 14.7 Å². The zero-order chi connectivity index (χ0) is 20.9. The van der Waals surface area contributed by atoms with Crippen LogP contribution in [0.5, 0.6) is 11.5 Å². The van der Waals surface area contributed by atoms with E-state index in [9.17, 15) is 9.59 Å². The van der Waals surface area contributed by atoms with Gasteiger partial charge >= 0.3 is 6.09 Å². The van der Waals surface area contributed by atoms with Crippen molar-refractivity contribution >= 4 is 12.0 Å². The summed E-state index contributed by atoms with van der Waals surface area (Å²) in [7, 11) is 0. The Morgan fingerprint density at radius 3 is 2.67 bits per heavy atom. The van der Waals surface area contributed by atoms with Gasteiger partial charge < -0.3 is 24.0 Å². The van der Waals surface area contributed by atoms with Crippen molar-refractivity contribution in [2.45, 2.75) is 38.6 Å². The first-order chi connectivity index (χ1) is 14.6. The van der Waals surface area contributed by atoms with Crippen LogP contribution in [0, 0.1) is 0 Å². The van der Waals surface area contributed by atoms with E-state index in [1.807, 2.05) is 30.0 Å². The van der Waals surface area contributed by atoms with Gasteiger partial charge in [0.2, 0.25) is 12.7 Å². The maximum atomic E-state index is 12.8. The Hall–Kier alpha value is -2.48. The molecule has 0 aromatic heterocycles. The van der Waals surface area contributed by atoms with E-state index >= 15 is 0 Å². The average molecular weight is 418 g/mol. The van der Waals surface area contributed by atoms with E-state index in [0.29, 0.717) is 38.6 Å². The van der Waals surface area contributed by atoms with E-state index in [4.69, 9.17) is 14.2 Å². The van der Waals surface area contributed by atoms with Crippen LogP contribution in [0.1, 0.15) is 31.7 Å². The van der Waals surface area contributed by atoms with Crippen LogP contribution in [0.4, 0.5) is 4.79 Å². The third-order valence-corrected chi connectivity index (χ3v) is 6.17. The van der Waals surface area contributed by atoms with Crippen LogP contribution >= 0.6 is 0 Å². The topological polar surface area (TPSA) is 71.6 Å². The van der Waals surface area contributed by atoms with Crippen molar-refractivity contribution in [3.63, 3.8) is 0 Å². The number of hydrogen-bond acceptors (Lipinski definition) is 6. The number of carbonyl (C=O) groups excluding carboxylic acids is 2. The number of amides is 2. The summed E-state index contributed by atoms with van der Waals surface area (Å²) in [6.45, 7) is 7.16. The molecule has 0 aliphatic carbocycles. The lowest BCUT2D eigenvalue weighted by molar-refractivity contribution is -0.133. The Bertz CT molecular complexity index is 763. The van der Waals surface area contributed by atoms with Gasteiger partial charge in [-0.2, -0.15) is 0 Å². The molecular weight excluding hydrogens is 386 g/mol. The van der Waals surface area contributed by atoms with Crippen molar-refractivity contribution in [2.24, 2.45) is 0 Å². The number of piperidine rings is 1. The molecule has 2 fully saturated rings. The lowest BCUT2D eigenvalue weighted by Gasteiger charge is -2.43. The van der Waals surface area contributed by atoms with Gasteiger partial charge in [0, 0.05) is 51.7 Å². The molecular formula is C22H31N3O5. The number of fused-ring (bicyclic) bond motifs is 1. The van der Waals surface area contributed by atoms with Crippen molar-refractivity contribution < 1.29 is 23.8 Å². The first kappa shape index (κ1) is 20.8. The maximum absolute atomic E-state index is 12.8. The van der Waals surface area contributed by atoms with E-state index in [-0.39, 0.29) is 18.8 Å². The Balaban J connectivity index is 1.24. The molecule has 0 bridgehead atoms. The number of aryl methyl sites for hydroxylation is 1. The van der Waals surface area contributed by atoms with Gasteiger partial charge in [-0.25, -0.2) is 4.79 Å². The highest BCUT2D eigenvalue weighted by atomic mass is 16.7. The lowest BCUT2D eigenvalue weighted by Crippen LogP contribution is -2.56. The number of benzene rings is 1. The Morgan fingerprint density at radius 1 is 1.07 bits per heavy atom. The Kier molecular flexibility index (Phi) is 6.62. The standard InChI is InChI=1S/C22H31N3O5/c1-2-28-22(27)24-12-10-23(11-13-24)18-4-3-9-25(15-18)21(26)8-6-17-5-7-19-20(14-17)30-16-29-19/h5,7,14,18H,2-4,6,8-13,15-16H2,1H3. The highest BCUT2D eigenvalue weighted by molar-refractivity contribution is 5.76. The molecule has 0 saturated carbocycles. The minimum Gasteiger partial charge on any atom is -0.454 e. The third-order valence-electron chi connectivity index (χ3n) is 6.17. The fraction of sp³-hybridized carbons (Fsp3) is 0.636. The number of rotatable bonds is 5. The SMILES string of the molecule is CCOC(=O)N1CCN(C2CCCN(C(=O)CCc3ccc4c(c3)OCO4)C2)CC1. The van der Waals surface area contributed by atoms with Crippen LogP contribution in [-0.2, 0) is 16.0 Å². The molecule has 3 heterocycles. The van der Waals surface area contributed by atoms with Crippen LogP contribution in [0.3, 0.4) is 0 Å². The van der Waals surface area contributed by atoms with Gasteiger partial charge in [0.15, 0.2) is 11.5 Å². The van der Waals surface area contributed by atoms with Gasteiger partial charge in [-0.05, 0) is 43.9 Å². The molecule has 1 aromatic carbocycles. The molecule has 1 atom stereocenters. The van der Waals surface area contributed by atoms with Crippen molar-refractivity contribution in [1.29, 1.82) is 0 Å². The van der Waals surface area contributed by atoms with Gasteiger partial charge in [0.05, 0.1) is 6.61 Å². The molecule has 2 saturated heterocycles. The molecule has 1 aromatic rings. The Labute approximate surface area is 177 Å². The normalized spacial score (nSPS) is 21.6. The van der Waals surface area contributed by atoms with E-state index in [0.717, 1.165) is 56.1 Å². The van der Waals surface area contributed by atoms with Crippen molar-refractivity contribution in [3.05, 3.63) is 23.8 Å². The molecule has 0 N–H and O–H groups in total. The fourth-order valence-corrected chi connectivity index (χ4v) is 4.47. The van der Waals surface area contributed by atoms with Crippen LogP contribution in [-0.4, -0.2) is 85.4 Å². The number of likely N-dealkylation sites (tertiary alicyclic amines) is 1. The van der Waals surface area contributed by atoms with E-state index in [1.165, 1.54) is 0 Å². The molecule has 30 heavy (non-hydrogen) atoms. The summed E-state index contributed by atoms with van der Waals surface area (Å²) in [5.74, 6) is 1.74. The van der Waals surface area contributed by atoms with Crippen LogP contribution < -0.4 is 9.47 Å².